The first-order valence-electron chi connectivity index (χ1n) is 10.3. The highest BCUT2D eigenvalue weighted by molar-refractivity contribution is 5.84. The van der Waals surface area contributed by atoms with Crippen molar-refractivity contribution in [2.24, 2.45) is 0 Å². The molecule has 4 rings (SSSR count). The summed E-state index contributed by atoms with van der Waals surface area (Å²) in [6, 6.07) is 18.6. The summed E-state index contributed by atoms with van der Waals surface area (Å²) in [5.41, 5.74) is 3.01. The molecule has 7 nitrogen and oxygen atoms in total. The Morgan fingerprint density at radius 3 is 1.61 bits per heavy atom. The minimum absolute atomic E-state index is 0.200. The zero-order chi connectivity index (χ0) is 21.5. The molecule has 0 spiro atoms. The molecule has 160 valence electrons. The van der Waals surface area contributed by atoms with Gasteiger partial charge < -0.3 is 25.6 Å². The lowest BCUT2D eigenvalue weighted by Crippen LogP contribution is -2.23. The van der Waals surface area contributed by atoms with E-state index in [-0.39, 0.29) is 11.5 Å². The van der Waals surface area contributed by atoms with Gasteiger partial charge in [0.1, 0.15) is 22.5 Å². The fourth-order valence-electron chi connectivity index (χ4n) is 3.36. The summed E-state index contributed by atoms with van der Waals surface area (Å²) in [6.45, 7) is 3.86. The maximum atomic E-state index is 9.92. The number of fused-ring (bicyclic) bond motifs is 2. The van der Waals surface area contributed by atoms with Crippen molar-refractivity contribution in [3.8, 4) is 11.5 Å². The Morgan fingerprint density at radius 1 is 0.645 bits per heavy atom. The fraction of sp³-hybridized carbons (Fsp3) is 0.250. The van der Waals surface area contributed by atoms with Crippen LogP contribution in [0.15, 0.2) is 60.7 Å². The standard InChI is InChI=1S/C24H26N4O3/c29-21-5-1-3-17-7-9-19(27-23(17)21)15-25-11-13-31-14-12-26-16-20-10-8-18-4-2-6-22(30)24(18)28-20/h1-10,25-26,29-30H,11-16H2. The molecule has 7 heteroatoms. The second kappa shape index (κ2) is 10.2. The summed E-state index contributed by atoms with van der Waals surface area (Å²) in [7, 11) is 0. The van der Waals surface area contributed by atoms with Crippen LogP contribution in [0.25, 0.3) is 21.8 Å². The second-order valence-corrected chi connectivity index (χ2v) is 7.27. The van der Waals surface area contributed by atoms with Crippen molar-refractivity contribution in [3.05, 3.63) is 72.1 Å². The number of nitrogens with zero attached hydrogens (tertiary/aromatic N) is 2. The maximum Gasteiger partial charge on any atom is 0.141 e. The highest BCUT2D eigenvalue weighted by Gasteiger charge is 2.04. The average Bonchev–Trinajstić information content (AvgIpc) is 2.79. The molecular formula is C24H26N4O3. The molecule has 0 amide bonds. The van der Waals surface area contributed by atoms with Gasteiger partial charge in [-0.1, -0.05) is 36.4 Å². The van der Waals surface area contributed by atoms with Gasteiger partial charge >= 0.3 is 0 Å². The molecular weight excluding hydrogens is 392 g/mol. The number of hydrogen-bond donors (Lipinski definition) is 4. The van der Waals surface area contributed by atoms with Crippen LogP contribution in [0.4, 0.5) is 0 Å². The van der Waals surface area contributed by atoms with Gasteiger partial charge in [-0.15, -0.1) is 0 Å². The predicted octanol–water partition coefficient (Wildman–Crippen LogP) is 3.09. The SMILES string of the molecule is Oc1cccc2ccc(CNCCOCCNCc3ccc4cccc(O)c4n3)nc12. The number of aromatic nitrogens is 2. The van der Waals surface area contributed by atoms with E-state index in [4.69, 9.17) is 4.74 Å². The van der Waals surface area contributed by atoms with Crippen LogP contribution in [0.3, 0.4) is 0 Å². The Labute approximate surface area is 180 Å². The van der Waals surface area contributed by atoms with E-state index in [2.05, 4.69) is 20.6 Å². The third-order valence-corrected chi connectivity index (χ3v) is 4.97. The zero-order valence-electron chi connectivity index (χ0n) is 17.2. The maximum absolute atomic E-state index is 9.92. The van der Waals surface area contributed by atoms with Crippen molar-refractivity contribution >= 4 is 21.8 Å². The Balaban J connectivity index is 1.11. The smallest absolute Gasteiger partial charge is 0.141 e. The lowest BCUT2D eigenvalue weighted by Gasteiger charge is -2.08. The lowest BCUT2D eigenvalue weighted by molar-refractivity contribution is 0.137. The van der Waals surface area contributed by atoms with Gasteiger partial charge in [-0.05, 0) is 24.3 Å². The number of para-hydroxylation sites is 2. The van der Waals surface area contributed by atoms with E-state index in [1.165, 1.54) is 0 Å². The summed E-state index contributed by atoms with van der Waals surface area (Å²) in [6.07, 6.45) is 0. The van der Waals surface area contributed by atoms with E-state index in [9.17, 15) is 10.2 Å². The van der Waals surface area contributed by atoms with E-state index in [1.54, 1.807) is 12.1 Å². The van der Waals surface area contributed by atoms with Crippen molar-refractivity contribution in [2.75, 3.05) is 26.3 Å². The summed E-state index contributed by atoms with van der Waals surface area (Å²) < 4.78 is 5.64. The van der Waals surface area contributed by atoms with Gasteiger partial charge in [0.2, 0.25) is 0 Å². The van der Waals surface area contributed by atoms with Crippen LogP contribution in [-0.4, -0.2) is 46.5 Å². The van der Waals surface area contributed by atoms with Crippen molar-refractivity contribution in [1.29, 1.82) is 0 Å². The fourth-order valence-corrected chi connectivity index (χ4v) is 3.36. The van der Waals surface area contributed by atoms with Crippen LogP contribution in [0.1, 0.15) is 11.4 Å². The molecule has 2 aromatic carbocycles. The number of phenols is 2. The van der Waals surface area contributed by atoms with E-state index < -0.39 is 0 Å². The number of benzene rings is 2. The highest BCUT2D eigenvalue weighted by atomic mass is 16.5. The second-order valence-electron chi connectivity index (χ2n) is 7.27. The van der Waals surface area contributed by atoms with Gasteiger partial charge in [-0.25, -0.2) is 9.97 Å². The van der Waals surface area contributed by atoms with Crippen LogP contribution < -0.4 is 10.6 Å². The number of rotatable bonds is 10. The molecule has 31 heavy (non-hydrogen) atoms. The average molecular weight is 418 g/mol. The first-order chi connectivity index (χ1) is 15.2. The van der Waals surface area contributed by atoms with Crippen molar-refractivity contribution in [1.82, 2.24) is 20.6 Å². The Bertz CT molecular complexity index is 1070. The Kier molecular flexibility index (Phi) is 6.89. The third-order valence-electron chi connectivity index (χ3n) is 4.97. The molecule has 0 bridgehead atoms. The summed E-state index contributed by atoms with van der Waals surface area (Å²) in [4.78, 5) is 9.00. The molecule has 0 radical (unpaired) electrons. The first kappa shape index (κ1) is 21.0. The quantitative estimate of drug-likeness (QED) is 0.294. The van der Waals surface area contributed by atoms with Crippen LogP contribution in [0.2, 0.25) is 0 Å². The largest absolute Gasteiger partial charge is 0.506 e. The highest BCUT2D eigenvalue weighted by Crippen LogP contribution is 2.23. The topological polar surface area (TPSA) is 99.5 Å². The van der Waals surface area contributed by atoms with Crippen LogP contribution in [0.5, 0.6) is 11.5 Å². The predicted molar refractivity (Wildman–Crippen MR) is 121 cm³/mol. The lowest BCUT2D eigenvalue weighted by atomic mass is 10.2. The number of pyridine rings is 2. The van der Waals surface area contributed by atoms with Gasteiger partial charge in [0.15, 0.2) is 0 Å². The third kappa shape index (κ3) is 5.46. The van der Waals surface area contributed by atoms with E-state index in [0.717, 1.165) is 22.2 Å². The normalized spacial score (nSPS) is 11.4. The summed E-state index contributed by atoms with van der Waals surface area (Å²) in [5.74, 6) is 0.400. The van der Waals surface area contributed by atoms with Crippen LogP contribution in [-0.2, 0) is 17.8 Å². The molecule has 0 atom stereocenters. The number of ether oxygens (including phenoxy) is 1. The number of hydrogen-bond acceptors (Lipinski definition) is 7. The summed E-state index contributed by atoms with van der Waals surface area (Å²) >= 11 is 0. The molecule has 4 N–H and O–H groups in total. The zero-order valence-corrected chi connectivity index (χ0v) is 17.2. The number of nitrogens with one attached hydrogen (secondary N) is 2. The van der Waals surface area contributed by atoms with Crippen molar-refractivity contribution in [3.63, 3.8) is 0 Å². The minimum Gasteiger partial charge on any atom is -0.506 e. The molecule has 0 saturated heterocycles. The van der Waals surface area contributed by atoms with Gasteiger partial charge in [-0.3, -0.25) is 0 Å². The van der Waals surface area contributed by atoms with E-state index in [1.807, 2.05) is 48.5 Å². The van der Waals surface area contributed by atoms with Gasteiger partial charge in [0.05, 0.1) is 24.6 Å². The van der Waals surface area contributed by atoms with Crippen molar-refractivity contribution < 1.29 is 14.9 Å². The Morgan fingerprint density at radius 2 is 1.13 bits per heavy atom. The van der Waals surface area contributed by atoms with Gasteiger partial charge in [-0.2, -0.15) is 0 Å². The first-order valence-corrected chi connectivity index (χ1v) is 10.3. The van der Waals surface area contributed by atoms with Gasteiger partial charge in [0.25, 0.3) is 0 Å². The van der Waals surface area contributed by atoms with Crippen LogP contribution in [0, 0.1) is 0 Å². The van der Waals surface area contributed by atoms with Crippen LogP contribution >= 0.6 is 0 Å². The monoisotopic (exact) mass is 418 g/mol. The molecule has 4 aromatic rings. The molecule has 2 heterocycles. The number of phenolic OH excluding ortho intramolecular Hbond substituents is 2. The molecule has 2 aromatic heterocycles. The molecule has 0 aliphatic carbocycles. The number of aromatic hydroxyl groups is 2. The summed E-state index contributed by atoms with van der Waals surface area (Å²) in [5, 5.41) is 28.3. The van der Waals surface area contributed by atoms with E-state index >= 15 is 0 Å². The molecule has 0 saturated carbocycles. The van der Waals surface area contributed by atoms with Crippen molar-refractivity contribution in [2.45, 2.75) is 13.1 Å². The minimum atomic E-state index is 0.200. The molecule has 0 aliphatic heterocycles. The molecule has 0 unspecified atom stereocenters. The van der Waals surface area contributed by atoms with E-state index in [0.29, 0.717) is 50.4 Å². The Hall–Kier alpha value is -3.26. The van der Waals surface area contributed by atoms with Gasteiger partial charge in [0, 0.05) is 37.0 Å². The molecule has 0 aliphatic rings. The molecule has 0 fully saturated rings.